The first-order valence-corrected chi connectivity index (χ1v) is 6.97. The number of anilines is 1. The monoisotopic (exact) mass is 335 g/mol. The average Bonchev–Trinajstić information content (AvgIpc) is 2.53. The molecule has 0 heterocycles. The molecule has 7 heteroatoms. The minimum atomic E-state index is -1.16. The van der Waals surface area contributed by atoms with Gasteiger partial charge in [-0.3, -0.25) is 4.79 Å². The Morgan fingerprint density at radius 2 is 1.87 bits per heavy atom. The van der Waals surface area contributed by atoms with Gasteiger partial charge in [-0.15, -0.1) is 0 Å². The van der Waals surface area contributed by atoms with Gasteiger partial charge in [-0.25, -0.2) is 4.79 Å². The first-order chi connectivity index (χ1) is 11.0. The number of halogens is 1. The Morgan fingerprint density at radius 3 is 2.48 bits per heavy atom. The van der Waals surface area contributed by atoms with Crippen molar-refractivity contribution in [3.8, 4) is 11.5 Å². The van der Waals surface area contributed by atoms with Crippen LogP contribution < -0.4 is 14.8 Å². The topological polar surface area (TPSA) is 84.9 Å². The van der Waals surface area contributed by atoms with Crippen LogP contribution in [0.5, 0.6) is 11.5 Å². The molecule has 0 aliphatic rings. The highest BCUT2D eigenvalue weighted by molar-refractivity contribution is 6.30. The number of amides is 1. The van der Waals surface area contributed by atoms with E-state index in [0.717, 1.165) is 0 Å². The van der Waals surface area contributed by atoms with Gasteiger partial charge >= 0.3 is 5.97 Å². The maximum absolute atomic E-state index is 11.9. The Kier molecular flexibility index (Phi) is 5.43. The van der Waals surface area contributed by atoms with Crippen molar-refractivity contribution in [2.45, 2.75) is 0 Å². The number of aromatic carboxylic acids is 1. The lowest BCUT2D eigenvalue weighted by atomic mass is 10.2. The van der Waals surface area contributed by atoms with Crippen LogP contribution in [-0.4, -0.2) is 30.7 Å². The molecule has 0 spiro atoms. The summed E-state index contributed by atoms with van der Waals surface area (Å²) in [5, 5.41) is 12.0. The van der Waals surface area contributed by atoms with E-state index in [1.165, 1.54) is 18.2 Å². The number of methoxy groups -OCH3 is 1. The van der Waals surface area contributed by atoms with Crippen molar-refractivity contribution in [1.29, 1.82) is 0 Å². The lowest BCUT2D eigenvalue weighted by molar-refractivity contribution is -0.118. The SMILES string of the molecule is COc1ccc(NC(=O)COc2cc(Cl)ccc2C(=O)O)cc1. The van der Waals surface area contributed by atoms with E-state index in [-0.39, 0.29) is 17.9 Å². The van der Waals surface area contributed by atoms with Crippen molar-refractivity contribution in [3.63, 3.8) is 0 Å². The van der Waals surface area contributed by atoms with E-state index < -0.39 is 11.9 Å². The fourth-order valence-electron chi connectivity index (χ4n) is 1.81. The number of ether oxygens (including phenoxy) is 2. The highest BCUT2D eigenvalue weighted by atomic mass is 35.5. The van der Waals surface area contributed by atoms with E-state index in [2.05, 4.69) is 5.32 Å². The Labute approximate surface area is 137 Å². The Balaban J connectivity index is 1.98. The van der Waals surface area contributed by atoms with Crippen LogP contribution in [0.3, 0.4) is 0 Å². The number of hydrogen-bond donors (Lipinski definition) is 2. The predicted molar refractivity (Wildman–Crippen MR) is 85.5 cm³/mol. The molecule has 0 unspecified atom stereocenters. The van der Waals surface area contributed by atoms with E-state index >= 15 is 0 Å². The van der Waals surface area contributed by atoms with Crippen molar-refractivity contribution in [2.75, 3.05) is 19.0 Å². The molecule has 23 heavy (non-hydrogen) atoms. The summed E-state index contributed by atoms with van der Waals surface area (Å²) in [7, 11) is 1.55. The third-order valence-electron chi connectivity index (χ3n) is 2.91. The largest absolute Gasteiger partial charge is 0.497 e. The third-order valence-corrected chi connectivity index (χ3v) is 3.14. The van der Waals surface area contributed by atoms with E-state index in [1.54, 1.807) is 31.4 Å². The lowest BCUT2D eigenvalue weighted by Crippen LogP contribution is -2.20. The Hall–Kier alpha value is -2.73. The van der Waals surface area contributed by atoms with Crippen molar-refractivity contribution in [3.05, 3.63) is 53.1 Å². The molecule has 0 bridgehead atoms. The molecule has 2 aromatic rings. The van der Waals surface area contributed by atoms with Gasteiger partial charge in [0.1, 0.15) is 17.1 Å². The number of hydrogen-bond acceptors (Lipinski definition) is 4. The second-order valence-electron chi connectivity index (χ2n) is 4.51. The molecule has 0 saturated heterocycles. The van der Waals surface area contributed by atoms with Gasteiger partial charge in [0.05, 0.1) is 7.11 Å². The first kappa shape index (κ1) is 16.6. The molecule has 2 rings (SSSR count). The number of rotatable bonds is 6. The minimum absolute atomic E-state index is 0.0369. The van der Waals surface area contributed by atoms with Gasteiger partial charge in [-0.05, 0) is 42.5 Å². The van der Waals surface area contributed by atoms with Gasteiger partial charge in [-0.1, -0.05) is 11.6 Å². The normalized spacial score (nSPS) is 10.0. The maximum atomic E-state index is 11.9. The quantitative estimate of drug-likeness (QED) is 0.847. The number of carbonyl (C=O) groups excluding carboxylic acids is 1. The summed E-state index contributed by atoms with van der Waals surface area (Å²) < 4.78 is 10.3. The summed E-state index contributed by atoms with van der Waals surface area (Å²) in [5.74, 6) is -0.877. The summed E-state index contributed by atoms with van der Waals surface area (Å²) in [5.41, 5.74) is 0.510. The predicted octanol–water partition coefficient (Wildman–Crippen LogP) is 3.06. The molecule has 0 fully saturated rings. The standard InChI is InChI=1S/C16H14ClNO5/c1-22-12-5-3-11(4-6-12)18-15(19)9-23-14-8-10(17)2-7-13(14)16(20)21/h2-8H,9H2,1H3,(H,18,19)(H,20,21). The molecule has 0 aromatic heterocycles. The summed E-state index contributed by atoms with van der Waals surface area (Å²) >= 11 is 5.81. The fourth-order valence-corrected chi connectivity index (χ4v) is 1.97. The highest BCUT2D eigenvalue weighted by Gasteiger charge is 2.13. The molecule has 1 amide bonds. The zero-order valence-corrected chi connectivity index (χ0v) is 13.0. The molecule has 2 aromatic carbocycles. The zero-order valence-electron chi connectivity index (χ0n) is 12.2. The smallest absolute Gasteiger partial charge is 0.339 e. The van der Waals surface area contributed by atoms with E-state index in [4.69, 9.17) is 26.2 Å². The average molecular weight is 336 g/mol. The van der Waals surface area contributed by atoms with Crippen LogP contribution in [0.2, 0.25) is 5.02 Å². The number of carbonyl (C=O) groups is 2. The highest BCUT2D eigenvalue weighted by Crippen LogP contribution is 2.23. The van der Waals surface area contributed by atoms with Crippen LogP contribution in [0.1, 0.15) is 10.4 Å². The molecule has 0 saturated carbocycles. The summed E-state index contributed by atoms with van der Waals surface area (Å²) in [6.45, 7) is -0.341. The van der Waals surface area contributed by atoms with Gasteiger partial charge in [0.2, 0.25) is 0 Å². The molecule has 0 aliphatic carbocycles. The zero-order chi connectivity index (χ0) is 16.8. The molecule has 0 atom stereocenters. The van der Waals surface area contributed by atoms with Crippen molar-refractivity contribution >= 4 is 29.2 Å². The van der Waals surface area contributed by atoms with E-state index in [9.17, 15) is 9.59 Å². The molecule has 2 N–H and O–H groups in total. The minimum Gasteiger partial charge on any atom is -0.497 e. The summed E-state index contributed by atoms with van der Waals surface area (Å²) in [4.78, 5) is 23.0. The van der Waals surface area contributed by atoms with Gasteiger partial charge < -0.3 is 19.9 Å². The number of carboxylic acids is 1. The van der Waals surface area contributed by atoms with Crippen molar-refractivity contribution in [2.24, 2.45) is 0 Å². The molecule has 6 nitrogen and oxygen atoms in total. The van der Waals surface area contributed by atoms with Gasteiger partial charge in [0.25, 0.3) is 5.91 Å². The van der Waals surface area contributed by atoms with Crippen molar-refractivity contribution in [1.82, 2.24) is 0 Å². The molecular formula is C16H14ClNO5. The van der Waals surface area contributed by atoms with Crippen LogP contribution in [0.4, 0.5) is 5.69 Å². The third kappa shape index (κ3) is 4.62. The molecular weight excluding hydrogens is 322 g/mol. The molecule has 0 aliphatic heterocycles. The van der Waals surface area contributed by atoms with Gasteiger partial charge in [-0.2, -0.15) is 0 Å². The van der Waals surface area contributed by atoms with Crippen molar-refractivity contribution < 1.29 is 24.2 Å². The molecule has 120 valence electrons. The summed E-state index contributed by atoms with van der Waals surface area (Å²) in [6.07, 6.45) is 0. The second kappa shape index (κ2) is 7.51. The van der Waals surface area contributed by atoms with Gasteiger partial charge in [0.15, 0.2) is 6.61 Å². The Morgan fingerprint density at radius 1 is 1.17 bits per heavy atom. The van der Waals surface area contributed by atoms with E-state index in [0.29, 0.717) is 16.5 Å². The fraction of sp³-hybridized carbons (Fsp3) is 0.125. The number of nitrogens with one attached hydrogen (secondary N) is 1. The first-order valence-electron chi connectivity index (χ1n) is 6.59. The molecule has 0 radical (unpaired) electrons. The summed E-state index contributed by atoms with van der Waals surface area (Å²) in [6, 6.07) is 10.9. The maximum Gasteiger partial charge on any atom is 0.339 e. The van der Waals surface area contributed by atoms with Crippen LogP contribution in [-0.2, 0) is 4.79 Å². The van der Waals surface area contributed by atoms with E-state index in [1.807, 2.05) is 0 Å². The van der Waals surface area contributed by atoms with Crippen LogP contribution in [0.15, 0.2) is 42.5 Å². The van der Waals surface area contributed by atoms with Crippen LogP contribution in [0, 0.1) is 0 Å². The second-order valence-corrected chi connectivity index (χ2v) is 4.95. The van der Waals surface area contributed by atoms with Gasteiger partial charge in [0, 0.05) is 10.7 Å². The Bertz CT molecular complexity index is 715. The van der Waals surface area contributed by atoms with Crippen LogP contribution >= 0.6 is 11.6 Å². The number of benzene rings is 2. The van der Waals surface area contributed by atoms with Crippen LogP contribution in [0.25, 0.3) is 0 Å². The number of carboxylic acid groups (broad SMARTS) is 1. The lowest BCUT2D eigenvalue weighted by Gasteiger charge is -2.10.